The smallest absolute Gasteiger partial charge is 0.255 e. The summed E-state index contributed by atoms with van der Waals surface area (Å²) in [6.07, 6.45) is 1.62. The maximum absolute atomic E-state index is 12.7. The third kappa shape index (κ3) is 3.59. The summed E-state index contributed by atoms with van der Waals surface area (Å²) in [6, 6.07) is 19.9. The number of hydrogen-bond acceptors (Lipinski definition) is 4. The first-order valence-corrected chi connectivity index (χ1v) is 9.85. The van der Waals surface area contributed by atoms with E-state index in [4.69, 9.17) is 0 Å². The number of benzene rings is 2. The van der Waals surface area contributed by atoms with Gasteiger partial charge in [0.05, 0.1) is 35.4 Å². The van der Waals surface area contributed by atoms with E-state index < -0.39 is 0 Å². The molecule has 2 aromatic carbocycles. The van der Waals surface area contributed by atoms with E-state index in [2.05, 4.69) is 15.4 Å². The Balaban J connectivity index is 1.48. The van der Waals surface area contributed by atoms with Crippen LogP contribution in [0.4, 0.5) is 0 Å². The van der Waals surface area contributed by atoms with E-state index in [1.807, 2.05) is 74.5 Å². The second kappa shape index (κ2) is 7.78. The molecule has 0 saturated heterocycles. The highest BCUT2D eigenvalue weighted by Crippen LogP contribution is 2.27. The van der Waals surface area contributed by atoms with Gasteiger partial charge < -0.3 is 5.32 Å². The van der Waals surface area contributed by atoms with E-state index in [9.17, 15) is 4.79 Å². The molecule has 0 atom stereocenters. The average Bonchev–Trinajstić information content (AvgIpc) is 3.30. The van der Waals surface area contributed by atoms with Gasteiger partial charge >= 0.3 is 0 Å². The number of nitrogens with zero attached hydrogens (tertiary/aromatic N) is 3. The number of rotatable bonds is 5. The molecular formula is C22H20N4OS. The van der Waals surface area contributed by atoms with Crippen molar-refractivity contribution in [1.29, 1.82) is 0 Å². The minimum Gasteiger partial charge on any atom is -0.347 e. The Kier molecular flexibility index (Phi) is 5.04. The van der Waals surface area contributed by atoms with E-state index in [1.54, 1.807) is 22.2 Å². The summed E-state index contributed by atoms with van der Waals surface area (Å²) in [6.45, 7) is 4.33. The Labute approximate surface area is 167 Å². The number of hydrogen-bond donors (Lipinski definition) is 1. The lowest BCUT2D eigenvalue weighted by molar-refractivity contribution is 0.0950. The molecule has 4 rings (SSSR count). The SMILES string of the molecule is Cc1nc(-c2ccccc2)sc1CNC(=O)c1cnn(-c2ccccc2)c1C. The molecule has 140 valence electrons. The van der Waals surface area contributed by atoms with Gasteiger partial charge in [0.1, 0.15) is 5.01 Å². The van der Waals surface area contributed by atoms with Crippen molar-refractivity contribution in [2.24, 2.45) is 0 Å². The third-order valence-corrected chi connectivity index (χ3v) is 5.78. The summed E-state index contributed by atoms with van der Waals surface area (Å²) in [7, 11) is 0. The van der Waals surface area contributed by atoms with Crippen LogP contribution >= 0.6 is 11.3 Å². The van der Waals surface area contributed by atoms with Crippen LogP contribution in [0.2, 0.25) is 0 Å². The fourth-order valence-electron chi connectivity index (χ4n) is 3.01. The fourth-order valence-corrected chi connectivity index (χ4v) is 4.02. The van der Waals surface area contributed by atoms with Crippen molar-refractivity contribution in [3.63, 3.8) is 0 Å². The number of carbonyl (C=O) groups excluding carboxylic acids is 1. The molecule has 0 fully saturated rings. The van der Waals surface area contributed by atoms with Crippen molar-refractivity contribution in [2.75, 3.05) is 0 Å². The van der Waals surface area contributed by atoms with Crippen molar-refractivity contribution in [1.82, 2.24) is 20.1 Å². The fraction of sp³-hybridized carbons (Fsp3) is 0.136. The number of nitrogens with one attached hydrogen (secondary N) is 1. The van der Waals surface area contributed by atoms with Crippen molar-refractivity contribution in [2.45, 2.75) is 20.4 Å². The summed E-state index contributed by atoms with van der Waals surface area (Å²) in [5, 5.41) is 8.34. The quantitative estimate of drug-likeness (QED) is 0.546. The van der Waals surface area contributed by atoms with Gasteiger partial charge in [-0.1, -0.05) is 48.5 Å². The Morgan fingerprint density at radius 1 is 1.04 bits per heavy atom. The van der Waals surface area contributed by atoms with Crippen LogP contribution in [0.5, 0.6) is 0 Å². The van der Waals surface area contributed by atoms with Crippen LogP contribution < -0.4 is 5.32 Å². The van der Waals surface area contributed by atoms with E-state index in [0.29, 0.717) is 12.1 Å². The number of amides is 1. The number of aromatic nitrogens is 3. The van der Waals surface area contributed by atoms with Gasteiger partial charge in [0, 0.05) is 10.4 Å². The van der Waals surface area contributed by atoms with E-state index in [0.717, 1.165) is 32.5 Å². The molecule has 0 aliphatic heterocycles. The Morgan fingerprint density at radius 3 is 2.43 bits per heavy atom. The van der Waals surface area contributed by atoms with Crippen molar-refractivity contribution in [3.8, 4) is 16.3 Å². The molecular weight excluding hydrogens is 368 g/mol. The summed E-state index contributed by atoms with van der Waals surface area (Å²) < 4.78 is 1.78. The van der Waals surface area contributed by atoms with Gasteiger partial charge in [-0.05, 0) is 26.0 Å². The normalized spacial score (nSPS) is 10.8. The average molecular weight is 388 g/mol. The molecule has 2 aromatic heterocycles. The van der Waals surface area contributed by atoms with Crippen LogP contribution in [-0.4, -0.2) is 20.7 Å². The van der Waals surface area contributed by atoms with Crippen molar-refractivity contribution in [3.05, 3.63) is 88.7 Å². The molecule has 5 nitrogen and oxygen atoms in total. The van der Waals surface area contributed by atoms with Crippen LogP contribution in [0.1, 0.15) is 26.6 Å². The molecule has 4 aromatic rings. The summed E-state index contributed by atoms with van der Waals surface area (Å²) in [5.74, 6) is -0.131. The molecule has 0 unspecified atom stereocenters. The standard InChI is InChI=1S/C22H20N4OS/c1-15-20(28-22(25-15)17-9-5-3-6-10-17)14-23-21(27)19-13-24-26(16(19)2)18-11-7-4-8-12-18/h3-13H,14H2,1-2H3,(H,23,27). The minimum atomic E-state index is -0.131. The molecule has 6 heteroatoms. The molecule has 0 aliphatic rings. The zero-order chi connectivity index (χ0) is 19.5. The monoisotopic (exact) mass is 388 g/mol. The first-order chi connectivity index (χ1) is 13.6. The molecule has 1 N–H and O–H groups in total. The van der Waals surface area contributed by atoms with Crippen LogP contribution in [-0.2, 0) is 6.54 Å². The van der Waals surface area contributed by atoms with Crippen molar-refractivity contribution < 1.29 is 4.79 Å². The Bertz CT molecular complexity index is 1100. The van der Waals surface area contributed by atoms with Gasteiger partial charge in [-0.15, -0.1) is 11.3 Å². The first-order valence-electron chi connectivity index (χ1n) is 9.03. The highest BCUT2D eigenvalue weighted by atomic mass is 32.1. The van der Waals surface area contributed by atoms with Gasteiger partial charge in [-0.3, -0.25) is 4.79 Å². The molecule has 0 aliphatic carbocycles. The molecule has 0 spiro atoms. The highest BCUT2D eigenvalue weighted by Gasteiger charge is 2.16. The zero-order valence-electron chi connectivity index (χ0n) is 15.7. The number of aryl methyl sites for hydroxylation is 1. The van der Waals surface area contributed by atoms with E-state index >= 15 is 0 Å². The topological polar surface area (TPSA) is 59.8 Å². The van der Waals surface area contributed by atoms with E-state index in [-0.39, 0.29) is 5.91 Å². The van der Waals surface area contributed by atoms with Gasteiger partial charge in [-0.2, -0.15) is 5.10 Å². The summed E-state index contributed by atoms with van der Waals surface area (Å²) in [4.78, 5) is 18.4. The number of thiazole rings is 1. The maximum atomic E-state index is 12.7. The highest BCUT2D eigenvalue weighted by molar-refractivity contribution is 7.15. The predicted molar refractivity (Wildman–Crippen MR) is 112 cm³/mol. The summed E-state index contributed by atoms with van der Waals surface area (Å²) >= 11 is 1.61. The van der Waals surface area contributed by atoms with Crippen LogP contribution in [0.25, 0.3) is 16.3 Å². The lowest BCUT2D eigenvalue weighted by atomic mass is 10.2. The van der Waals surface area contributed by atoms with Crippen LogP contribution in [0.3, 0.4) is 0 Å². The largest absolute Gasteiger partial charge is 0.347 e. The minimum absolute atomic E-state index is 0.131. The molecule has 1 amide bonds. The number of para-hydroxylation sites is 1. The molecule has 28 heavy (non-hydrogen) atoms. The van der Waals surface area contributed by atoms with Crippen LogP contribution in [0, 0.1) is 13.8 Å². The Morgan fingerprint density at radius 2 is 1.71 bits per heavy atom. The predicted octanol–water partition coefficient (Wildman–Crippen LogP) is 4.54. The maximum Gasteiger partial charge on any atom is 0.255 e. The molecule has 0 bridgehead atoms. The molecule has 0 saturated carbocycles. The van der Waals surface area contributed by atoms with Gasteiger partial charge in [-0.25, -0.2) is 9.67 Å². The second-order valence-corrected chi connectivity index (χ2v) is 7.55. The lowest BCUT2D eigenvalue weighted by Gasteiger charge is -2.06. The lowest BCUT2D eigenvalue weighted by Crippen LogP contribution is -2.23. The first kappa shape index (κ1) is 18.1. The van der Waals surface area contributed by atoms with Crippen molar-refractivity contribution >= 4 is 17.2 Å². The van der Waals surface area contributed by atoms with Gasteiger partial charge in [0.15, 0.2) is 0 Å². The number of carbonyl (C=O) groups is 1. The zero-order valence-corrected chi connectivity index (χ0v) is 16.5. The Hall–Kier alpha value is -3.25. The van der Waals surface area contributed by atoms with Gasteiger partial charge in [0.25, 0.3) is 5.91 Å². The third-order valence-electron chi connectivity index (χ3n) is 4.58. The van der Waals surface area contributed by atoms with E-state index in [1.165, 1.54) is 0 Å². The van der Waals surface area contributed by atoms with Crippen LogP contribution in [0.15, 0.2) is 66.9 Å². The second-order valence-electron chi connectivity index (χ2n) is 6.47. The molecule has 0 radical (unpaired) electrons. The van der Waals surface area contributed by atoms with Gasteiger partial charge in [0.2, 0.25) is 0 Å². The summed E-state index contributed by atoms with van der Waals surface area (Å²) in [5.41, 5.74) is 4.36. The molecule has 2 heterocycles.